The SMILES string of the molecule is CC(C)CCCCCCCCCCCCCCCCC[Si](Cl)(Cl)Cl. The molecule has 0 unspecified atom stereocenters. The summed E-state index contributed by atoms with van der Waals surface area (Å²) in [6.45, 7) is 4.65. The minimum Gasteiger partial charge on any atom is -0.126 e. The predicted molar refractivity (Wildman–Crippen MR) is 117 cm³/mol. The van der Waals surface area contributed by atoms with Crippen LogP contribution in [-0.2, 0) is 0 Å². The Balaban J connectivity index is 3.03. The Morgan fingerprint density at radius 1 is 0.500 bits per heavy atom. The minimum absolute atomic E-state index is 0.829. The zero-order chi connectivity index (χ0) is 18.1. The molecule has 4 heteroatoms. The second-order valence-electron chi connectivity index (χ2n) is 7.85. The van der Waals surface area contributed by atoms with Gasteiger partial charge in [0.15, 0.2) is 0 Å². The van der Waals surface area contributed by atoms with Crippen molar-refractivity contribution in [3.05, 3.63) is 0 Å². The van der Waals surface area contributed by atoms with Gasteiger partial charge in [-0.1, -0.05) is 117 Å². The Morgan fingerprint density at radius 3 is 1.08 bits per heavy atom. The fourth-order valence-electron chi connectivity index (χ4n) is 3.18. The van der Waals surface area contributed by atoms with Crippen LogP contribution in [0.1, 0.15) is 117 Å². The van der Waals surface area contributed by atoms with E-state index in [1.165, 1.54) is 96.3 Å². The molecular formula is C20H41Cl3Si. The van der Waals surface area contributed by atoms with Gasteiger partial charge >= 0.3 is 6.00 Å². The van der Waals surface area contributed by atoms with Crippen molar-refractivity contribution >= 4 is 39.2 Å². The number of rotatable bonds is 18. The highest BCUT2D eigenvalue weighted by Gasteiger charge is 2.23. The lowest BCUT2D eigenvalue weighted by molar-refractivity contribution is 0.502. The number of halogens is 3. The summed E-state index contributed by atoms with van der Waals surface area (Å²) in [5, 5.41) is 0. The van der Waals surface area contributed by atoms with Crippen molar-refractivity contribution in [3.8, 4) is 0 Å². The van der Waals surface area contributed by atoms with Crippen LogP contribution in [0.4, 0.5) is 0 Å². The average Bonchev–Trinajstić information content (AvgIpc) is 2.49. The van der Waals surface area contributed by atoms with Gasteiger partial charge < -0.3 is 0 Å². The third-order valence-electron chi connectivity index (χ3n) is 4.74. The van der Waals surface area contributed by atoms with Crippen LogP contribution in [0.2, 0.25) is 6.04 Å². The van der Waals surface area contributed by atoms with Gasteiger partial charge in [0.25, 0.3) is 0 Å². The standard InChI is InChI=1S/C20H41Cl3Si/c1-20(2)18-16-14-12-10-8-6-4-3-5-7-9-11-13-15-17-19-24(21,22)23/h20H,3-19H2,1-2H3. The molecule has 146 valence electrons. The second-order valence-corrected chi connectivity index (χ2v) is 17.1. The van der Waals surface area contributed by atoms with Crippen molar-refractivity contribution in [3.63, 3.8) is 0 Å². The topological polar surface area (TPSA) is 0 Å². The molecule has 0 saturated heterocycles. The van der Waals surface area contributed by atoms with Crippen LogP contribution in [0, 0.1) is 5.92 Å². The first kappa shape index (κ1) is 25.1. The summed E-state index contributed by atoms with van der Waals surface area (Å²) in [5.41, 5.74) is 0. The molecule has 0 bridgehead atoms. The maximum Gasteiger partial charge on any atom is 0.341 e. The van der Waals surface area contributed by atoms with Crippen LogP contribution in [0.5, 0.6) is 0 Å². The van der Waals surface area contributed by atoms with Crippen LogP contribution < -0.4 is 0 Å². The van der Waals surface area contributed by atoms with Gasteiger partial charge in [-0.05, 0) is 12.0 Å². The van der Waals surface area contributed by atoms with Crippen molar-refractivity contribution in [2.24, 2.45) is 5.92 Å². The molecule has 0 rings (SSSR count). The molecule has 0 spiro atoms. The third kappa shape index (κ3) is 23.1. The quantitative estimate of drug-likeness (QED) is 0.119. The molecule has 0 nitrogen and oxygen atoms in total. The summed E-state index contributed by atoms with van der Waals surface area (Å²) >= 11 is 17.6. The molecule has 0 atom stereocenters. The lowest BCUT2D eigenvalue weighted by Gasteiger charge is -2.07. The Kier molecular flexibility index (Phi) is 18.3. The van der Waals surface area contributed by atoms with Gasteiger partial charge in [-0.25, -0.2) is 0 Å². The van der Waals surface area contributed by atoms with E-state index in [2.05, 4.69) is 13.8 Å². The molecule has 0 N–H and O–H groups in total. The van der Waals surface area contributed by atoms with Crippen molar-refractivity contribution in [2.75, 3.05) is 0 Å². The number of hydrogen-bond acceptors (Lipinski definition) is 0. The first-order valence-electron chi connectivity index (χ1n) is 10.5. The van der Waals surface area contributed by atoms with E-state index in [0.717, 1.165) is 18.4 Å². The van der Waals surface area contributed by atoms with Crippen LogP contribution in [0.3, 0.4) is 0 Å². The average molecular weight is 416 g/mol. The Hall–Kier alpha value is 1.09. The van der Waals surface area contributed by atoms with Crippen molar-refractivity contribution in [1.82, 2.24) is 0 Å². The fourth-order valence-corrected chi connectivity index (χ4v) is 5.03. The molecule has 0 amide bonds. The van der Waals surface area contributed by atoms with E-state index in [9.17, 15) is 0 Å². The minimum atomic E-state index is -2.35. The zero-order valence-electron chi connectivity index (χ0n) is 16.2. The summed E-state index contributed by atoms with van der Waals surface area (Å²) in [6, 6.07) is -1.52. The van der Waals surface area contributed by atoms with Gasteiger partial charge in [0, 0.05) is 0 Å². The van der Waals surface area contributed by atoms with E-state index in [1.54, 1.807) is 0 Å². The predicted octanol–water partition coefficient (Wildman–Crippen LogP) is 9.54. The summed E-state index contributed by atoms with van der Waals surface area (Å²) in [5.74, 6) is 0.882. The first-order valence-corrected chi connectivity index (χ1v) is 15.7. The molecule has 0 radical (unpaired) electrons. The second kappa shape index (κ2) is 17.5. The first-order chi connectivity index (χ1) is 11.4. The van der Waals surface area contributed by atoms with Crippen molar-refractivity contribution in [1.29, 1.82) is 0 Å². The molecule has 0 aliphatic carbocycles. The van der Waals surface area contributed by atoms with Crippen LogP contribution in [-0.4, -0.2) is 6.00 Å². The van der Waals surface area contributed by atoms with Crippen LogP contribution in [0.15, 0.2) is 0 Å². The lowest BCUT2D eigenvalue weighted by atomic mass is 10.0. The highest BCUT2D eigenvalue weighted by molar-refractivity contribution is 7.64. The lowest BCUT2D eigenvalue weighted by Crippen LogP contribution is -2.07. The monoisotopic (exact) mass is 414 g/mol. The summed E-state index contributed by atoms with van der Waals surface area (Å²) in [7, 11) is 0. The van der Waals surface area contributed by atoms with Crippen molar-refractivity contribution in [2.45, 2.75) is 123 Å². The normalized spacial score (nSPS) is 12.2. The molecule has 0 saturated carbocycles. The maximum atomic E-state index is 5.88. The smallest absolute Gasteiger partial charge is 0.126 e. The van der Waals surface area contributed by atoms with Crippen LogP contribution >= 0.6 is 33.2 Å². The molecular weight excluding hydrogens is 375 g/mol. The van der Waals surface area contributed by atoms with E-state index in [4.69, 9.17) is 33.2 Å². The van der Waals surface area contributed by atoms with Crippen LogP contribution in [0.25, 0.3) is 0 Å². The number of hydrogen-bond donors (Lipinski definition) is 0. The van der Waals surface area contributed by atoms with Crippen molar-refractivity contribution < 1.29 is 0 Å². The van der Waals surface area contributed by atoms with Gasteiger partial charge in [0.2, 0.25) is 0 Å². The molecule has 0 fully saturated rings. The van der Waals surface area contributed by atoms with Gasteiger partial charge in [-0.15, -0.1) is 33.2 Å². The largest absolute Gasteiger partial charge is 0.341 e. The molecule has 0 aliphatic heterocycles. The van der Waals surface area contributed by atoms with E-state index >= 15 is 0 Å². The Labute approximate surface area is 167 Å². The molecule has 0 aromatic carbocycles. The maximum absolute atomic E-state index is 5.88. The summed E-state index contributed by atoms with van der Waals surface area (Å²) < 4.78 is 0. The molecule has 0 heterocycles. The number of unbranched alkanes of at least 4 members (excludes halogenated alkanes) is 14. The Morgan fingerprint density at radius 2 is 0.792 bits per heavy atom. The zero-order valence-corrected chi connectivity index (χ0v) is 19.5. The Bertz CT molecular complexity index is 252. The molecule has 0 aromatic rings. The fraction of sp³-hybridized carbons (Fsp3) is 1.00. The van der Waals surface area contributed by atoms with E-state index in [-0.39, 0.29) is 0 Å². The molecule has 24 heavy (non-hydrogen) atoms. The van der Waals surface area contributed by atoms with E-state index < -0.39 is 6.00 Å². The van der Waals surface area contributed by atoms with Gasteiger partial charge in [-0.2, -0.15) is 0 Å². The van der Waals surface area contributed by atoms with Gasteiger partial charge in [-0.3, -0.25) is 0 Å². The highest BCUT2D eigenvalue weighted by atomic mass is 35.8. The van der Waals surface area contributed by atoms with Gasteiger partial charge in [0.05, 0.1) is 0 Å². The van der Waals surface area contributed by atoms with E-state index in [1.807, 2.05) is 0 Å². The highest BCUT2D eigenvalue weighted by Crippen LogP contribution is 2.27. The molecule has 0 aliphatic rings. The van der Waals surface area contributed by atoms with Gasteiger partial charge in [0.1, 0.15) is 0 Å². The third-order valence-corrected chi connectivity index (χ3v) is 7.36. The molecule has 0 aromatic heterocycles. The summed E-state index contributed by atoms with van der Waals surface area (Å²) in [4.78, 5) is 0. The summed E-state index contributed by atoms with van der Waals surface area (Å²) in [6.07, 6.45) is 22.2. The van der Waals surface area contributed by atoms with E-state index in [0.29, 0.717) is 0 Å².